The molecule has 0 aromatic carbocycles. The maximum absolute atomic E-state index is 13.1. The molecule has 0 atom stereocenters. The number of rotatable bonds is 4. The van der Waals surface area contributed by atoms with Gasteiger partial charge in [0.1, 0.15) is 0 Å². The summed E-state index contributed by atoms with van der Waals surface area (Å²) < 4.78 is 28.5. The Labute approximate surface area is 69.3 Å². The average molecular weight is 186 g/mol. The first-order chi connectivity index (χ1) is 4.96. The van der Waals surface area contributed by atoms with Crippen LogP contribution in [0.3, 0.4) is 0 Å². The third kappa shape index (κ3) is 2.57. The molecule has 0 bridgehead atoms. The molecule has 0 spiro atoms. The van der Waals surface area contributed by atoms with Crippen molar-refractivity contribution in [1.82, 2.24) is 8.61 Å². The maximum Gasteiger partial charge on any atom is 0.184 e. The summed E-state index contributed by atoms with van der Waals surface area (Å²) in [5, 5.41) is 0. The van der Waals surface area contributed by atoms with E-state index < -0.39 is 11.2 Å². The lowest BCUT2D eigenvalue weighted by atomic mass is 10.7. The number of hydrogen-bond acceptors (Lipinski definition) is 2. The fourth-order valence-electron chi connectivity index (χ4n) is 0.765. The molecule has 0 unspecified atom stereocenters. The predicted octanol–water partition coefficient (Wildman–Crippen LogP) is 2.29. The van der Waals surface area contributed by atoms with Crippen molar-refractivity contribution in [2.75, 3.05) is 27.2 Å². The third-order valence-electron chi connectivity index (χ3n) is 1.46. The van der Waals surface area contributed by atoms with Crippen LogP contribution < -0.4 is 0 Å². The van der Waals surface area contributed by atoms with Gasteiger partial charge in [0.25, 0.3) is 0 Å². The summed E-state index contributed by atoms with van der Waals surface area (Å²) in [6.07, 6.45) is 0. The summed E-state index contributed by atoms with van der Waals surface area (Å²) in [4.78, 5) is 0. The van der Waals surface area contributed by atoms with Crippen molar-refractivity contribution in [3.05, 3.63) is 0 Å². The second-order valence-electron chi connectivity index (χ2n) is 2.34. The molecule has 70 valence electrons. The minimum absolute atomic E-state index is 0.400. The van der Waals surface area contributed by atoms with Crippen molar-refractivity contribution in [3.8, 4) is 0 Å². The lowest BCUT2D eigenvalue weighted by Gasteiger charge is -2.36. The molecular weight excluding hydrogens is 170 g/mol. The second-order valence-corrected chi connectivity index (χ2v) is 4.42. The highest BCUT2D eigenvalue weighted by Crippen LogP contribution is 2.55. The van der Waals surface area contributed by atoms with Gasteiger partial charge in [-0.25, -0.2) is 8.61 Å². The lowest BCUT2D eigenvalue weighted by molar-refractivity contribution is 0.401. The van der Waals surface area contributed by atoms with Gasteiger partial charge in [-0.15, -0.1) is 7.77 Å². The molecule has 0 aliphatic rings. The van der Waals surface area contributed by atoms with Gasteiger partial charge in [-0.1, -0.05) is 13.8 Å². The van der Waals surface area contributed by atoms with Crippen molar-refractivity contribution >= 4 is 11.2 Å². The molecular formula is C6H16F2N2S. The van der Waals surface area contributed by atoms with E-state index in [-0.39, 0.29) is 0 Å². The van der Waals surface area contributed by atoms with Crippen molar-refractivity contribution < 1.29 is 7.77 Å². The van der Waals surface area contributed by atoms with E-state index in [2.05, 4.69) is 0 Å². The fraction of sp³-hybridized carbons (Fsp3) is 1.00. The topological polar surface area (TPSA) is 6.48 Å². The van der Waals surface area contributed by atoms with Crippen molar-refractivity contribution in [1.29, 1.82) is 0 Å². The Morgan fingerprint density at radius 2 is 1.45 bits per heavy atom. The largest absolute Gasteiger partial charge is 0.213 e. The number of nitrogens with zero attached hydrogens (tertiary/aromatic N) is 2. The summed E-state index contributed by atoms with van der Waals surface area (Å²) in [7, 11) is 2.82. The lowest BCUT2D eigenvalue weighted by Crippen LogP contribution is -2.30. The molecule has 11 heavy (non-hydrogen) atoms. The normalized spacial score (nSPS) is 14.5. The standard InChI is InChI=1S/C6H16F2N2S/c1-5-10(6-2)11(7,8)9(3)4/h5-6H2,1-4H3. The smallest absolute Gasteiger partial charge is 0.184 e. The molecule has 0 N–H and O–H groups in total. The number of halogens is 2. The van der Waals surface area contributed by atoms with Gasteiger partial charge in [0, 0.05) is 27.2 Å². The minimum atomic E-state index is -3.67. The van der Waals surface area contributed by atoms with E-state index in [1.807, 2.05) is 0 Å². The van der Waals surface area contributed by atoms with Crippen LogP contribution in [-0.2, 0) is 0 Å². The van der Waals surface area contributed by atoms with Gasteiger partial charge in [0.2, 0.25) is 0 Å². The highest BCUT2D eigenvalue weighted by atomic mass is 32.3. The van der Waals surface area contributed by atoms with E-state index >= 15 is 0 Å². The van der Waals surface area contributed by atoms with E-state index in [9.17, 15) is 7.77 Å². The van der Waals surface area contributed by atoms with E-state index in [0.29, 0.717) is 13.1 Å². The van der Waals surface area contributed by atoms with E-state index in [4.69, 9.17) is 0 Å². The second kappa shape index (κ2) is 4.23. The van der Waals surface area contributed by atoms with Crippen molar-refractivity contribution in [2.24, 2.45) is 0 Å². The first kappa shape index (κ1) is 11.1. The van der Waals surface area contributed by atoms with Crippen molar-refractivity contribution in [2.45, 2.75) is 13.8 Å². The zero-order chi connectivity index (χ0) is 9.07. The Hall–Kier alpha value is 0.130. The zero-order valence-electron chi connectivity index (χ0n) is 7.47. The van der Waals surface area contributed by atoms with Crippen LogP contribution in [0.1, 0.15) is 13.8 Å². The Bertz CT molecular complexity index is 115. The summed E-state index contributed by atoms with van der Waals surface area (Å²) in [6, 6.07) is 0. The summed E-state index contributed by atoms with van der Waals surface area (Å²) in [6.45, 7) is 4.29. The summed E-state index contributed by atoms with van der Waals surface area (Å²) in [5.74, 6) is 0. The molecule has 0 radical (unpaired) electrons. The van der Waals surface area contributed by atoms with Gasteiger partial charge in [-0.05, 0) is 0 Å². The van der Waals surface area contributed by atoms with Crippen LogP contribution in [-0.4, -0.2) is 35.8 Å². The highest BCUT2D eigenvalue weighted by molar-refractivity contribution is 8.21. The monoisotopic (exact) mass is 186 g/mol. The summed E-state index contributed by atoms with van der Waals surface area (Å²) >= 11 is -3.67. The SMILES string of the molecule is CCN(CC)S(F)(F)N(C)C. The Morgan fingerprint density at radius 3 is 1.55 bits per heavy atom. The van der Waals surface area contributed by atoms with E-state index in [1.165, 1.54) is 18.4 Å². The molecule has 0 saturated heterocycles. The van der Waals surface area contributed by atoms with Gasteiger partial charge in [-0.3, -0.25) is 0 Å². The van der Waals surface area contributed by atoms with Crippen LogP contribution >= 0.6 is 11.2 Å². The molecule has 5 heteroatoms. The Morgan fingerprint density at radius 1 is 1.09 bits per heavy atom. The fourth-order valence-corrected chi connectivity index (χ4v) is 1.85. The average Bonchev–Trinajstić information content (AvgIpc) is 1.89. The van der Waals surface area contributed by atoms with Crippen LogP contribution in [0.15, 0.2) is 0 Å². The van der Waals surface area contributed by atoms with Gasteiger partial charge >= 0.3 is 0 Å². The van der Waals surface area contributed by atoms with Crippen LogP contribution in [0.25, 0.3) is 0 Å². The summed E-state index contributed by atoms with van der Waals surface area (Å²) in [5.41, 5.74) is 0. The van der Waals surface area contributed by atoms with Crippen LogP contribution in [0.5, 0.6) is 0 Å². The van der Waals surface area contributed by atoms with Gasteiger partial charge in [0.05, 0.1) is 0 Å². The zero-order valence-corrected chi connectivity index (χ0v) is 8.29. The third-order valence-corrected chi connectivity index (χ3v) is 3.47. The number of hydrogen-bond donors (Lipinski definition) is 0. The molecule has 0 aliphatic heterocycles. The Kier molecular flexibility index (Phi) is 4.28. The quantitative estimate of drug-likeness (QED) is 0.664. The Balaban J connectivity index is 4.24. The predicted molar refractivity (Wildman–Crippen MR) is 46.4 cm³/mol. The molecule has 0 fully saturated rings. The van der Waals surface area contributed by atoms with Gasteiger partial charge < -0.3 is 0 Å². The molecule has 0 aromatic heterocycles. The molecule has 0 aromatic rings. The van der Waals surface area contributed by atoms with Gasteiger partial charge in [0.15, 0.2) is 11.2 Å². The first-order valence-electron chi connectivity index (χ1n) is 3.61. The van der Waals surface area contributed by atoms with Crippen molar-refractivity contribution in [3.63, 3.8) is 0 Å². The molecule has 0 rings (SSSR count). The molecule has 2 nitrogen and oxygen atoms in total. The van der Waals surface area contributed by atoms with Gasteiger partial charge in [-0.2, -0.15) is 0 Å². The van der Waals surface area contributed by atoms with E-state index in [1.54, 1.807) is 13.8 Å². The van der Waals surface area contributed by atoms with Crippen LogP contribution in [0.4, 0.5) is 7.77 Å². The highest BCUT2D eigenvalue weighted by Gasteiger charge is 2.31. The maximum atomic E-state index is 13.1. The van der Waals surface area contributed by atoms with Crippen LogP contribution in [0, 0.1) is 0 Å². The van der Waals surface area contributed by atoms with Crippen LogP contribution in [0.2, 0.25) is 0 Å². The molecule has 0 amide bonds. The molecule has 0 saturated carbocycles. The molecule has 0 aliphatic carbocycles. The molecule has 0 heterocycles. The van der Waals surface area contributed by atoms with E-state index in [0.717, 1.165) is 4.31 Å². The minimum Gasteiger partial charge on any atom is -0.213 e. The first-order valence-corrected chi connectivity index (χ1v) is 4.96.